The van der Waals surface area contributed by atoms with E-state index in [1.54, 1.807) is 0 Å². The van der Waals surface area contributed by atoms with E-state index in [9.17, 15) is 0 Å². The van der Waals surface area contributed by atoms with Crippen LogP contribution in [0.4, 0.5) is 6.01 Å². The van der Waals surface area contributed by atoms with Crippen molar-refractivity contribution >= 4 is 6.01 Å². The highest BCUT2D eigenvalue weighted by atomic mass is 16.4. The monoisotopic (exact) mass is 256 g/mol. The van der Waals surface area contributed by atoms with Crippen LogP contribution >= 0.6 is 0 Å². The van der Waals surface area contributed by atoms with Crippen LogP contribution in [0.15, 0.2) is 4.42 Å². The Hall–Kier alpha value is -1.14. The molecule has 1 heterocycles. The highest BCUT2D eigenvalue weighted by Gasteiger charge is 2.22. The predicted octanol–water partition coefficient (Wildman–Crippen LogP) is 1.34. The molecule has 2 N–H and O–H groups in total. The normalized spacial score (nSPS) is 13.0. The van der Waals surface area contributed by atoms with E-state index in [4.69, 9.17) is 9.52 Å². The fourth-order valence-electron chi connectivity index (χ4n) is 1.91. The van der Waals surface area contributed by atoms with Gasteiger partial charge < -0.3 is 19.7 Å². The third kappa shape index (κ3) is 3.43. The smallest absolute Gasteiger partial charge is 0.318 e. The Bertz CT molecular complexity index is 339. The van der Waals surface area contributed by atoms with Crippen LogP contribution in [0, 0.1) is 0 Å². The van der Waals surface area contributed by atoms with Crippen LogP contribution in [0.25, 0.3) is 0 Å². The molecule has 0 aliphatic heterocycles. The van der Waals surface area contributed by atoms with Gasteiger partial charge in [0.05, 0.1) is 12.6 Å². The fourth-order valence-corrected chi connectivity index (χ4v) is 1.91. The van der Waals surface area contributed by atoms with Crippen LogP contribution in [0.1, 0.15) is 45.5 Å². The van der Waals surface area contributed by atoms with E-state index in [-0.39, 0.29) is 12.6 Å². The van der Waals surface area contributed by atoms with Crippen LogP contribution in [-0.2, 0) is 0 Å². The molecule has 18 heavy (non-hydrogen) atoms. The van der Waals surface area contributed by atoms with Crippen molar-refractivity contribution < 1.29 is 9.52 Å². The van der Waals surface area contributed by atoms with E-state index in [0.717, 1.165) is 12.8 Å². The Labute approximate surface area is 108 Å². The second-order valence-electron chi connectivity index (χ2n) is 4.32. The van der Waals surface area contributed by atoms with Gasteiger partial charge in [0, 0.05) is 12.6 Å². The molecule has 104 valence electrons. The summed E-state index contributed by atoms with van der Waals surface area (Å²) in [5.41, 5.74) is 0. The second-order valence-corrected chi connectivity index (χ2v) is 4.32. The minimum atomic E-state index is 0.0314. The maximum Gasteiger partial charge on any atom is 0.318 e. The quantitative estimate of drug-likeness (QED) is 0.731. The highest BCUT2D eigenvalue weighted by molar-refractivity contribution is 5.26. The van der Waals surface area contributed by atoms with E-state index >= 15 is 0 Å². The van der Waals surface area contributed by atoms with Gasteiger partial charge in [-0.15, -0.1) is 5.10 Å². The minimum Gasteiger partial charge on any atom is -0.406 e. The van der Waals surface area contributed by atoms with Crippen molar-refractivity contribution in [3.63, 3.8) is 0 Å². The molecule has 0 saturated carbocycles. The summed E-state index contributed by atoms with van der Waals surface area (Å²) in [5, 5.41) is 20.3. The summed E-state index contributed by atoms with van der Waals surface area (Å²) in [7, 11) is 1.85. The topological polar surface area (TPSA) is 74.4 Å². The summed E-state index contributed by atoms with van der Waals surface area (Å²) >= 11 is 0. The Balaban J connectivity index is 2.88. The Kier molecular flexibility index (Phi) is 6.07. The molecule has 0 aliphatic rings. The van der Waals surface area contributed by atoms with Crippen molar-refractivity contribution in [2.24, 2.45) is 0 Å². The van der Waals surface area contributed by atoms with Crippen LogP contribution < -0.4 is 10.2 Å². The lowest BCUT2D eigenvalue weighted by Gasteiger charge is -2.27. The molecule has 0 aromatic carbocycles. The first-order chi connectivity index (χ1) is 8.67. The van der Waals surface area contributed by atoms with E-state index in [1.807, 2.05) is 18.9 Å². The molecule has 0 amide bonds. The lowest BCUT2D eigenvalue weighted by Crippen LogP contribution is -2.37. The summed E-state index contributed by atoms with van der Waals surface area (Å²) in [5.74, 6) is 0.571. The number of aliphatic hydroxyl groups is 1. The molecule has 1 aromatic rings. The van der Waals surface area contributed by atoms with Gasteiger partial charge >= 0.3 is 6.01 Å². The summed E-state index contributed by atoms with van der Waals surface area (Å²) in [6.45, 7) is 6.79. The number of hydrogen-bond donors (Lipinski definition) is 2. The minimum absolute atomic E-state index is 0.0314. The maximum absolute atomic E-state index is 9.16. The number of anilines is 1. The third-order valence-corrected chi connectivity index (χ3v) is 3.20. The van der Waals surface area contributed by atoms with Crippen LogP contribution in [0.3, 0.4) is 0 Å². The summed E-state index contributed by atoms with van der Waals surface area (Å²) in [6, 6.07) is 0.842. The lowest BCUT2D eigenvalue weighted by atomic mass is 10.1. The molecule has 0 aliphatic carbocycles. The Morgan fingerprint density at radius 2 is 2.00 bits per heavy atom. The van der Waals surface area contributed by atoms with Crippen LogP contribution in [-0.4, -0.2) is 41.5 Å². The van der Waals surface area contributed by atoms with Gasteiger partial charge in [-0.1, -0.05) is 18.9 Å². The van der Waals surface area contributed by atoms with Crippen molar-refractivity contribution in [2.75, 3.05) is 25.1 Å². The van der Waals surface area contributed by atoms with Crippen molar-refractivity contribution in [1.29, 1.82) is 0 Å². The number of aliphatic hydroxyl groups excluding tert-OH is 1. The first-order valence-electron chi connectivity index (χ1n) is 6.56. The molecule has 6 heteroatoms. The van der Waals surface area contributed by atoms with E-state index in [0.29, 0.717) is 24.5 Å². The van der Waals surface area contributed by atoms with E-state index in [2.05, 4.69) is 29.4 Å². The van der Waals surface area contributed by atoms with E-state index < -0.39 is 0 Å². The van der Waals surface area contributed by atoms with Gasteiger partial charge in [0.1, 0.15) is 0 Å². The fraction of sp³-hybridized carbons (Fsp3) is 0.833. The van der Waals surface area contributed by atoms with Crippen molar-refractivity contribution in [3.05, 3.63) is 5.89 Å². The number of hydrogen-bond acceptors (Lipinski definition) is 6. The number of aromatic nitrogens is 2. The summed E-state index contributed by atoms with van der Waals surface area (Å²) < 4.78 is 5.67. The van der Waals surface area contributed by atoms with Crippen molar-refractivity contribution in [3.8, 4) is 0 Å². The molecule has 0 saturated heterocycles. The van der Waals surface area contributed by atoms with Gasteiger partial charge in [-0.25, -0.2) is 0 Å². The lowest BCUT2D eigenvalue weighted by molar-refractivity contribution is 0.290. The molecule has 1 unspecified atom stereocenters. The molecule has 0 spiro atoms. The van der Waals surface area contributed by atoms with Crippen molar-refractivity contribution in [2.45, 2.75) is 45.7 Å². The van der Waals surface area contributed by atoms with Crippen LogP contribution in [0.2, 0.25) is 0 Å². The average molecular weight is 256 g/mol. The highest BCUT2D eigenvalue weighted by Crippen LogP contribution is 2.21. The first kappa shape index (κ1) is 14.9. The number of nitrogens with one attached hydrogen (secondary N) is 1. The molecule has 1 aromatic heterocycles. The summed E-state index contributed by atoms with van der Waals surface area (Å²) in [4.78, 5) is 1.98. The molecule has 1 rings (SSSR count). The second kappa shape index (κ2) is 7.33. The zero-order valence-electron chi connectivity index (χ0n) is 11.7. The molecule has 0 bridgehead atoms. The molecule has 0 radical (unpaired) electrons. The largest absolute Gasteiger partial charge is 0.406 e. The zero-order chi connectivity index (χ0) is 13.5. The molecule has 6 nitrogen and oxygen atoms in total. The van der Waals surface area contributed by atoms with E-state index in [1.165, 1.54) is 0 Å². The predicted molar refractivity (Wildman–Crippen MR) is 70.6 cm³/mol. The molecule has 1 atom stereocenters. The summed E-state index contributed by atoms with van der Waals surface area (Å²) in [6.07, 6.45) is 1.96. The molecular weight excluding hydrogens is 232 g/mol. The maximum atomic E-state index is 9.16. The van der Waals surface area contributed by atoms with Crippen molar-refractivity contribution in [1.82, 2.24) is 15.5 Å². The zero-order valence-corrected chi connectivity index (χ0v) is 11.7. The van der Waals surface area contributed by atoms with Gasteiger partial charge in [-0.05, 0) is 26.8 Å². The first-order valence-corrected chi connectivity index (χ1v) is 6.56. The van der Waals surface area contributed by atoms with Gasteiger partial charge in [-0.2, -0.15) is 0 Å². The van der Waals surface area contributed by atoms with Crippen LogP contribution in [0.5, 0.6) is 0 Å². The molecular formula is C12H24N4O2. The number of nitrogens with zero attached hydrogens (tertiary/aromatic N) is 3. The third-order valence-electron chi connectivity index (χ3n) is 3.20. The average Bonchev–Trinajstić information content (AvgIpc) is 2.87. The standard InChI is InChI=1S/C12H24N4O2/c1-5-10(6-2)16(7-8-17)12-15-14-11(18-12)9(3)13-4/h9-10,13,17H,5-8H2,1-4H3. The van der Waals surface area contributed by atoms with Gasteiger partial charge in [0.15, 0.2) is 0 Å². The van der Waals surface area contributed by atoms with Gasteiger partial charge in [-0.3, -0.25) is 0 Å². The molecule has 0 fully saturated rings. The van der Waals surface area contributed by atoms with Gasteiger partial charge in [0.25, 0.3) is 0 Å². The Morgan fingerprint density at radius 1 is 1.33 bits per heavy atom. The SMILES string of the molecule is CCC(CC)N(CCO)c1nnc(C(C)NC)o1. The Morgan fingerprint density at radius 3 is 2.50 bits per heavy atom. The van der Waals surface area contributed by atoms with Gasteiger partial charge in [0.2, 0.25) is 5.89 Å². The number of rotatable bonds is 8.